The Bertz CT molecular complexity index is 358. The number of rotatable bonds is 3. The molecule has 2 aliphatic rings. The molecular weight excluding hydrogens is 200 g/mol. The van der Waals surface area contributed by atoms with E-state index in [1.165, 1.54) is 18.4 Å². The molecule has 3 rings (SSSR count). The number of hydrogen-bond acceptors (Lipinski definition) is 2. The molecule has 1 aliphatic heterocycles. The number of fused-ring (bicyclic) bond motifs is 1. The first-order chi connectivity index (χ1) is 7.86. The van der Waals surface area contributed by atoms with E-state index in [9.17, 15) is 0 Å². The lowest BCUT2D eigenvalue weighted by atomic mass is 9.69. The molecule has 0 aromatic heterocycles. The molecule has 0 bridgehead atoms. The van der Waals surface area contributed by atoms with Gasteiger partial charge in [-0.25, -0.2) is 0 Å². The van der Waals surface area contributed by atoms with Crippen LogP contribution in [-0.4, -0.2) is 19.8 Å². The average Bonchev–Trinajstić information content (AvgIpc) is 2.68. The van der Waals surface area contributed by atoms with Gasteiger partial charge in [0, 0.05) is 6.61 Å². The fourth-order valence-electron chi connectivity index (χ4n) is 3.02. The van der Waals surface area contributed by atoms with E-state index in [4.69, 9.17) is 9.47 Å². The van der Waals surface area contributed by atoms with Gasteiger partial charge in [-0.2, -0.15) is 0 Å². The van der Waals surface area contributed by atoms with Crippen molar-refractivity contribution < 1.29 is 9.47 Å². The molecule has 1 aromatic carbocycles. The molecule has 0 spiro atoms. The number of methoxy groups -OCH3 is 1. The molecule has 0 amide bonds. The SMILES string of the molecule is COc1ccc(C[C@@H]2C[C@H]3CCO[C@H]32)cc1. The van der Waals surface area contributed by atoms with E-state index in [2.05, 4.69) is 12.1 Å². The van der Waals surface area contributed by atoms with Crippen molar-refractivity contribution in [2.45, 2.75) is 25.4 Å². The molecule has 1 saturated heterocycles. The Balaban J connectivity index is 1.61. The van der Waals surface area contributed by atoms with Gasteiger partial charge in [0.1, 0.15) is 5.75 Å². The predicted molar refractivity (Wildman–Crippen MR) is 62.7 cm³/mol. The van der Waals surface area contributed by atoms with Crippen molar-refractivity contribution in [1.82, 2.24) is 0 Å². The van der Waals surface area contributed by atoms with Crippen LogP contribution in [0.5, 0.6) is 5.75 Å². The number of benzene rings is 1. The van der Waals surface area contributed by atoms with Crippen LogP contribution in [0.25, 0.3) is 0 Å². The van der Waals surface area contributed by atoms with Gasteiger partial charge in [0.25, 0.3) is 0 Å². The lowest BCUT2D eigenvalue weighted by Crippen LogP contribution is -2.40. The first-order valence-electron chi connectivity index (χ1n) is 6.11. The highest BCUT2D eigenvalue weighted by Gasteiger charge is 2.44. The Morgan fingerprint density at radius 3 is 2.81 bits per heavy atom. The molecule has 1 aromatic rings. The van der Waals surface area contributed by atoms with Gasteiger partial charge in [-0.3, -0.25) is 0 Å². The van der Waals surface area contributed by atoms with Crippen molar-refractivity contribution in [3.8, 4) is 5.75 Å². The summed E-state index contributed by atoms with van der Waals surface area (Å²) in [6.45, 7) is 0.981. The van der Waals surface area contributed by atoms with Crippen molar-refractivity contribution in [2.24, 2.45) is 11.8 Å². The molecule has 1 aliphatic carbocycles. The molecule has 0 N–H and O–H groups in total. The van der Waals surface area contributed by atoms with E-state index in [0.29, 0.717) is 6.10 Å². The summed E-state index contributed by atoms with van der Waals surface area (Å²) in [5.74, 6) is 2.55. The minimum Gasteiger partial charge on any atom is -0.497 e. The highest BCUT2D eigenvalue weighted by molar-refractivity contribution is 5.27. The fraction of sp³-hybridized carbons (Fsp3) is 0.571. The molecule has 1 heterocycles. The summed E-state index contributed by atoms with van der Waals surface area (Å²) in [6.07, 6.45) is 4.35. The summed E-state index contributed by atoms with van der Waals surface area (Å²) < 4.78 is 10.9. The monoisotopic (exact) mass is 218 g/mol. The summed E-state index contributed by atoms with van der Waals surface area (Å²) in [6, 6.07) is 8.42. The standard InChI is InChI=1S/C14H18O2/c1-15-13-4-2-10(3-5-13)8-12-9-11-6-7-16-14(11)12/h2-5,11-12,14H,6-9H2,1H3/t11-,12-,14-/m1/s1. The first-order valence-corrected chi connectivity index (χ1v) is 6.11. The Kier molecular flexibility index (Phi) is 2.60. The highest BCUT2D eigenvalue weighted by Crippen LogP contribution is 2.44. The Hall–Kier alpha value is -1.02. The van der Waals surface area contributed by atoms with Crippen LogP contribution in [-0.2, 0) is 11.2 Å². The average molecular weight is 218 g/mol. The molecular formula is C14H18O2. The zero-order chi connectivity index (χ0) is 11.0. The third-order valence-corrected chi connectivity index (χ3v) is 3.99. The lowest BCUT2D eigenvalue weighted by molar-refractivity contribution is -0.0254. The van der Waals surface area contributed by atoms with E-state index < -0.39 is 0 Å². The second-order valence-corrected chi connectivity index (χ2v) is 4.93. The molecule has 2 fully saturated rings. The summed E-state index contributed by atoms with van der Waals surface area (Å²) in [5.41, 5.74) is 1.40. The predicted octanol–water partition coefficient (Wildman–Crippen LogP) is 2.66. The normalized spacial score (nSPS) is 31.9. The van der Waals surface area contributed by atoms with E-state index in [1.54, 1.807) is 7.11 Å². The largest absolute Gasteiger partial charge is 0.497 e. The maximum Gasteiger partial charge on any atom is 0.118 e. The van der Waals surface area contributed by atoms with Gasteiger partial charge < -0.3 is 9.47 Å². The summed E-state index contributed by atoms with van der Waals surface area (Å²) in [4.78, 5) is 0. The van der Waals surface area contributed by atoms with Gasteiger partial charge in [0.05, 0.1) is 13.2 Å². The van der Waals surface area contributed by atoms with E-state index in [1.807, 2.05) is 12.1 Å². The van der Waals surface area contributed by atoms with Crippen molar-refractivity contribution >= 4 is 0 Å². The van der Waals surface area contributed by atoms with Crippen LogP contribution in [0.2, 0.25) is 0 Å². The van der Waals surface area contributed by atoms with Crippen LogP contribution in [0.3, 0.4) is 0 Å². The Morgan fingerprint density at radius 1 is 1.31 bits per heavy atom. The smallest absolute Gasteiger partial charge is 0.118 e. The van der Waals surface area contributed by atoms with Crippen molar-refractivity contribution in [2.75, 3.05) is 13.7 Å². The van der Waals surface area contributed by atoms with Gasteiger partial charge in [-0.15, -0.1) is 0 Å². The van der Waals surface area contributed by atoms with Crippen LogP contribution < -0.4 is 4.74 Å². The van der Waals surface area contributed by atoms with Crippen LogP contribution in [0.1, 0.15) is 18.4 Å². The second kappa shape index (κ2) is 4.10. The zero-order valence-corrected chi connectivity index (χ0v) is 9.69. The first kappa shape index (κ1) is 10.2. The summed E-state index contributed by atoms with van der Waals surface area (Å²) >= 11 is 0. The van der Waals surface area contributed by atoms with Crippen molar-refractivity contribution in [1.29, 1.82) is 0 Å². The lowest BCUT2D eigenvalue weighted by Gasteiger charge is -2.39. The third-order valence-electron chi connectivity index (χ3n) is 3.99. The quantitative estimate of drug-likeness (QED) is 0.776. The Labute approximate surface area is 96.6 Å². The van der Waals surface area contributed by atoms with Gasteiger partial charge in [-0.1, -0.05) is 12.1 Å². The molecule has 2 nitrogen and oxygen atoms in total. The van der Waals surface area contributed by atoms with Gasteiger partial charge in [0.2, 0.25) is 0 Å². The molecule has 86 valence electrons. The number of hydrogen-bond donors (Lipinski definition) is 0. The fourth-order valence-corrected chi connectivity index (χ4v) is 3.02. The number of ether oxygens (including phenoxy) is 2. The molecule has 2 heteroatoms. The molecule has 16 heavy (non-hydrogen) atoms. The maximum atomic E-state index is 5.76. The topological polar surface area (TPSA) is 18.5 Å². The third kappa shape index (κ3) is 1.71. The molecule has 1 saturated carbocycles. The van der Waals surface area contributed by atoms with Gasteiger partial charge >= 0.3 is 0 Å². The van der Waals surface area contributed by atoms with Crippen molar-refractivity contribution in [3.63, 3.8) is 0 Å². The Morgan fingerprint density at radius 2 is 2.12 bits per heavy atom. The summed E-state index contributed by atoms with van der Waals surface area (Å²) in [7, 11) is 1.71. The van der Waals surface area contributed by atoms with E-state index >= 15 is 0 Å². The summed E-state index contributed by atoms with van der Waals surface area (Å²) in [5, 5.41) is 0. The maximum absolute atomic E-state index is 5.76. The highest BCUT2D eigenvalue weighted by atomic mass is 16.5. The zero-order valence-electron chi connectivity index (χ0n) is 9.69. The minimum absolute atomic E-state index is 0.558. The molecule has 3 atom stereocenters. The van der Waals surface area contributed by atoms with Gasteiger partial charge in [-0.05, 0) is 48.8 Å². The van der Waals surface area contributed by atoms with Crippen LogP contribution >= 0.6 is 0 Å². The molecule has 0 radical (unpaired) electrons. The molecule has 0 unspecified atom stereocenters. The van der Waals surface area contributed by atoms with E-state index in [0.717, 1.165) is 30.6 Å². The van der Waals surface area contributed by atoms with Crippen LogP contribution in [0.4, 0.5) is 0 Å². The van der Waals surface area contributed by atoms with E-state index in [-0.39, 0.29) is 0 Å². The second-order valence-electron chi connectivity index (χ2n) is 4.93. The van der Waals surface area contributed by atoms with Gasteiger partial charge in [0.15, 0.2) is 0 Å². The van der Waals surface area contributed by atoms with Crippen LogP contribution in [0.15, 0.2) is 24.3 Å². The van der Waals surface area contributed by atoms with Crippen molar-refractivity contribution in [3.05, 3.63) is 29.8 Å². The minimum atomic E-state index is 0.558. The van der Waals surface area contributed by atoms with Crippen LogP contribution in [0, 0.1) is 11.8 Å².